The largest absolute Gasteiger partial charge is 0.488 e. The van der Waals surface area contributed by atoms with Crippen LogP contribution >= 0.6 is 0 Å². The molecule has 0 atom stereocenters. The van der Waals surface area contributed by atoms with E-state index in [4.69, 9.17) is 0 Å². The third-order valence-electron chi connectivity index (χ3n) is 5.21. The van der Waals surface area contributed by atoms with Gasteiger partial charge in [0.05, 0.1) is 11.0 Å². The van der Waals surface area contributed by atoms with Crippen molar-refractivity contribution in [2.45, 2.75) is 0 Å². The summed E-state index contributed by atoms with van der Waals surface area (Å²) in [6.07, 6.45) is 0. The highest BCUT2D eigenvalue weighted by Crippen LogP contribution is 2.34. The molecule has 5 aromatic rings. The lowest BCUT2D eigenvalue weighted by Crippen LogP contribution is -2.29. The SMILES string of the molecule is OB(O)c1ccc2c3cc(-c4ccccc4)ccc3n(-c3ccccc3)c2c1. The number of rotatable bonds is 3. The predicted octanol–water partition coefficient (Wildman–Crippen LogP) is 4.13. The molecule has 1 aromatic heterocycles. The van der Waals surface area contributed by atoms with Crippen LogP contribution in [-0.2, 0) is 0 Å². The molecule has 134 valence electrons. The Bertz CT molecular complexity index is 1280. The van der Waals surface area contributed by atoms with E-state index in [0.717, 1.165) is 33.1 Å². The van der Waals surface area contributed by atoms with Crippen molar-refractivity contribution in [2.24, 2.45) is 0 Å². The molecule has 0 saturated carbocycles. The quantitative estimate of drug-likeness (QED) is 0.474. The summed E-state index contributed by atoms with van der Waals surface area (Å²) in [6, 6.07) is 32.5. The fourth-order valence-corrected chi connectivity index (χ4v) is 3.86. The molecular weight excluding hydrogens is 345 g/mol. The Balaban J connectivity index is 1.85. The van der Waals surface area contributed by atoms with Crippen LogP contribution in [0.15, 0.2) is 97.1 Å². The molecular formula is C24H18BNO2. The Morgan fingerprint density at radius 1 is 0.571 bits per heavy atom. The van der Waals surface area contributed by atoms with E-state index in [2.05, 4.69) is 47.0 Å². The molecule has 28 heavy (non-hydrogen) atoms. The van der Waals surface area contributed by atoms with Crippen LogP contribution in [0.2, 0.25) is 0 Å². The van der Waals surface area contributed by atoms with Gasteiger partial charge in [-0.15, -0.1) is 0 Å². The van der Waals surface area contributed by atoms with Gasteiger partial charge in [0.1, 0.15) is 0 Å². The maximum atomic E-state index is 9.66. The van der Waals surface area contributed by atoms with E-state index in [1.807, 2.05) is 48.5 Å². The fourth-order valence-electron chi connectivity index (χ4n) is 3.86. The second-order valence-electron chi connectivity index (χ2n) is 6.92. The van der Waals surface area contributed by atoms with E-state index in [9.17, 15) is 10.0 Å². The van der Waals surface area contributed by atoms with Crippen LogP contribution in [0, 0.1) is 0 Å². The van der Waals surface area contributed by atoms with Crippen LogP contribution in [0.25, 0.3) is 38.6 Å². The summed E-state index contributed by atoms with van der Waals surface area (Å²) in [5, 5.41) is 21.5. The van der Waals surface area contributed by atoms with Gasteiger partial charge in [-0.1, -0.05) is 66.7 Å². The molecule has 0 unspecified atom stereocenters. The van der Waals surface area contributed by atoms with Crippen molar-refractivity contribution in [1.29, 1.82) is 0 Å². The van der Waals surface area contributed by atoms with E-state index >= 15 is 0 Å². The monoisotopic (exact) mass is 363 g/mol. The van der Waals surface area contributed by atoms with Gasteiger partial charge in [-0.05, 0) is 46.9 Å². The maximum absolute atomic E-state index is 9.66. The summed E-state index contributed by atoms with van der Waals surface area (Å²) in [5.74, 6) is 0. The minimum Gasteiger partial charge on any atom is -0.423 e. The summed E-state index contributed by atoms with van der Waals surface area (Å²) in [4.78, 5) is 0. The molecule has 2 N–H and O–H groups in total. The molecule has 0 fully saturated rings. The molecule has 1 heterocycles. The lowest BCUT2D eigenvalue weighted by molar-refractivity contribution is 0.426. The first kappa shape index (κ1) is 16.8. The van der Waals surface area contributed by atoms with Crippen LogP contribution in [0.4, 0.5) is 0 Å². The standard InChI is InChI=1S/C24H18BNO2/c27-25(28)19-12-13-21-22-15-18(17-7-3-1-4-8-17)11-14-23(22)26(24(21)16-19)20-9-5-2-6-10-20/h1-16,27-28H. The van der Waals surface area contributed by atoms with Gasteiger partial charge in [-0.2, -0.15) is 0 Å². The Labute approximate surface area is 163 Å². The second-order valence-corrected chi connectivity index (χ2v) is 6.92. The molecule has 0 saturated heterocycles. The van der Waals surface area contributed by atoms with Crippen molar-refractivity contribution in [3.05, 3.63) is 97.1 Å². The minimum absolute atomic E-state index is 0.482. The van der Waals surface area contributed by atoms with Crippen LogP contribution in [0.3, 0.4) is 0 Å². The van der Waals surface area contributed by atoms with Gasteiger partial charge in [-0.25, -0.2) is 0 Å². The van der Waals surface area contributed by atoms with Crippen molar-refractivity contribution < 1.29 is 10.0 Å². The summed E-state index contributed by atoms with van der Waals surface area (Å²) >= 11 is 0. The Morgan fingerprint density at radius 3 is 2.00 bits per heavy atom. The molecule has 0 aliphatic carbocycles. The zero-order valence-electron chi connectivity index (χ0n) is 15.2. The average Bonchev–Trinajstić information content (AvgIpc) is 3.08. The predicted molar refractivity (Wildman–Crippen MR) is 116 cm³/mol. The van der Waals surface area contributed by atoms with Crippen LogP contribution in [-0.4, -0.2) is 21.7 Å². The molecule has 0 aliphatic heterocycles. The third kappa shape index (κ3) is 2.71. The van der Waals surface area contributed by atoms with Crippen molar-refractivity contribution in [2.75, 3.05) is 0 Å². The highest BCUT2D eigenvalue weighted by atomic mass is 16.4. The molecule has 0 aliphatic rings. The number of hydrogen-bond donors (Lipinski definition) is 2. The van der Waals surface area contributed by atoms with Crippen molar-refractivity contribution in [3.63, 3.8) is 0 Å². The number of hydrogen-bond acceptors (Lipinski definition) is 2. The molecule has 4 heteroatoms. The van der Waals surface area contributed by atoms with Crippen molar-refractivity contribution >= 4 is 34.4 Å². The summed E-state index contributed by atoms with van der Waals surface area (Å²) in [7, 11) is -1.49. The van der Waals surface area contributed by atoms with Gasteiger partial charge in [0.15, 0.2) is 0 Å². The van der Waals surface area contributed by atoms with Crippen LogP contribution in [0.5, 0.6) is 0 Å². The molecule has 0 bridgehead atoms. The fraction of sp³-hybridized carbons (Fsp3) is 0. The second kappa shape index (κ2) is 6.68. The van der Waals surface area contributed by atoms with E-state index in [1.54, 1.807) is 6.07 Å². The first-order valence-corrected chi connectivity index (χ1v) is 9.27. The Hall–Kier alpha value is -3.34. The Morgan fingerprint density at radius 2 is 1.29 bits per heavy atom. The highest BCUT2D eigenvalue weighted by Gasteiger charge is 2.17. The zero-order valence-corrected chi connectivity index (χ0v) is 15.2. The van der Waals surface area contributed by atoms with Crippen molar-refractivity contribution in [3.8, 4) is 16.8 Å². The molecule has 4 aromatic carbocycles. The maximum Gasteiger partial charge on any atom is 0.488 e. The first-order chi connectivity index (χ1) is 13.7. The molecule has 0 radical (unpaired) electrons. The minimum atomic E-state index is -1.49. The van der Waals surface area contributed by atoms with Crippen LogP contribution in [0.1, 0.15) is 0 Å². The summed E-state index contributed by atoms with van der Waals surface area (Å²) in [6.45, 7) is 0. The first-order valence-electron chi connectivity index (χ1n) is 9.27. The van der Waals surface area contributed by atoms with E-state index in [-0.39, 0.29) is 0 Å². The highest BCUT2D eigenvalue weighted by molar-refractivity contribution is 6.59. The number of benzene rings is 4. The van der Waals surface area contributed by atoms with Crippen molar-refractivity contribution in [1.82, 2.24) is 4.57 Å². The van der Waals surface area contributed by atoms with Crippen LogP contribution < -0.4 is 5.46 Å². The normalized spacial score (nSPS) is 11.2. The molecule has 5 rings (SSSR count). The number of nitrogens with zero attached hydrogens (tertiary/aromatic N) is 1. The van der Waals surface area contributed by atoms with E-state index in [0.29, 0.717) is 5.46 Å². The lowest BCUT2D eigenvalue weighted by Gasteiger charge is -2.09. The Kier molecular flexibility index (Phi) is 4.01. The van der Waals surface area contributed by atoms with Gasteiger partial charge in [0.2, 0.25) is 0 Å². The summed E-state index contributed by atoms with van der Waals surface area (Å²) in [5.41, 5.74) is 5.90. The van der Waals surface area contributed by atoms with E-state index < -0.39 is 7.12 Å². The molecule has 0 spiro atoms. The third-order valence-corrected chi connectivity index (χ3v) is 5.21. The zero-order chi connectivity index (χ0) is 19.1. The van der Waals surface area contributed by atoms with Gasteiger partial charge in [-0.3, -0.25) is 0 Å². The number of aromatic nitrogens is 1. The summed E-state index contributed by atoms with van der Waals surface area (Å²) < 4.78 is 2.17. The van der Waals surface area contributed by atoms with Gasteiger partial charge >= 0.3 is 7.12 Å². The topological polar surface area (TPSA) is 45.4 Å². The number of fused-ring (bicyclic) bond motifs is 3. The van der Waals surface area contributed by atoms with Gasteiger partial charge in [0, 0.05) is 16.5 Å². The van der Waals surface area contributed by atoms with Gasteiger partial charge in [0.25, 0.3) is 0 Å². The smallest absolute Gasteiger partial charge is 0.423 e. The number of para-hydroxylation sites is 1. The lowest BCUT2D eigenvalue weighted by atomic mass is 9.80. The van der Waals surface area contributed by atoms with E-state index in [1.165, 1.54) is 5.56 Å². The molecule has 3 nitrogen and oxygen atoms in total. The van der Waals surface area contributed by atoms with Gasteiger partial charge < -0.3 is 14.6 Å². The molecule has 0 amide bonds. The average molecular weight is 363 g/mol.